The molecule has 6 heteroatoms. The first kappa shape index (κ1) is 12.9. The quantitative estimate of drug-likeness (QED) is 0.548. The maximum Gasteiger partial charge on any atom is 0.313 e. The SMILES string of the molecule is CCOC(=O)Cc1nc(Cl)c2oc3ccccc3c2n1. The van der Waals surface area contributed by atoms with Gasteiger partial charge in [-0.2, -0.15) is 0 Å². The second-order valence-corrected chi connectivity index (χ2v) is 4.55. The van der Waals surface area contributed by atoms with Gasteiger partial charge in [0.05, 0.1) is 6.61 Å². The molecule has 0 radical (unpaired) electrons. The number of para-hydroxylation sites is 1. The third-order valence-electron chi connectivity index (χ3n) is 2.83. The largest absolute Gasteiger partial charge is 0.466 e. The van der Waals surface area contributed by atoms with Crippen LogP contribution in [-0.2, 0) is 16.0 Å². The van der Waals surface area contributed by atoms with E-state index < -0.39 is 0 Å². The van der Waals surface area contributed by atoms with Crippen LogP contribution in [0.5, 0.6) is 0 Å². The maximum absolute atomic E-state index is 11.5. The molecule has 0 atom stereocenters. The molecule has 2 aromatic heterocycles. The predicted octanol–water partition coefficient (Wildman–Crippen LogP) is 3.14. The van der Waals surface area contributed by atoms with Gasteiger partial charge in [-0.15, -0.1) is 0 Å². The van der Waals surface area contributed by atoms with Gasteiger partial charge in [-0.3, -0.25) is 4.79 Å². The standard InChI is InChI=1S/C14H11ClN2O3/c1-2-19-11(18)7-10-16-12-8-5-3-4-6-9(8)20-13(12)14(15)17-10/h3-6H,2,7H2,1H3. The number of aromatic nitrogens is 2. The minimum atomic E-state index is -0.379. The molecule has 102 valence electrons. The van der Waals surface area contributed by atoms with E-state index in [-0.39, 0.29) is 17.5 Å². The first-order valence-electron chi connectivity index (χ1n) is 6.18. The van der Waals surface area contributed by atoms with E-state index in [9.17, 15) is 4.79 Å². The van der Waals surface area contributed by atoms with Gasteiger partial charge in [0.2, 0.25) is 0 Å². The van der Waals surface area contributed by atoms with Gasteiger partial charge in [0.1, 0.15) is 23.3 Å². The van der Waals surface area contributed by atoms with Crippen molar-refractivity contribution in [1.29, 1.82) is 0 Å². The van der Waals surface area contributed by atoms with Gasteiger partial charge in [-0.1, -0.05) is 23.7 Å². The molecule has 20 heavy (non-hydrogen) atoms. The Morgan fingerprint density at radius 1 is 1.35 bits per heavy atom. The first-order valence-corrected chi connectivity index (χ1v) is 6.56. The second-order valence-electron chi connectivity index (χ2n) is 4.19. The zero-order valence-electron chi connectivity index (χ0n) is 10.7. The summed E-state index contributed by atoms with van der Waals surface area (Å²) in [5.41, 5.74) is 1.73. The Bertz CT molecular complexity index is 798. The van der Waals surface area contributed by atoms with E-state index in [2.05, 4.69) is 9.97 Å². The van der Waals surface area contributed by atoms with Crippen LogP contribution in [0.25, 0.3) is 22.1 Å². The first-order chi connectivity index (χ1) is 9.69. The highest BCUT2D eigenvalue weighted by Crippen LogP contribution is 2.30. The fraction of sp³-hybridized carbons (Fsp3) is 0.214. The molecule has 0 aliphatic carbocycles. The lowest BCUT2D eigenvalue weighted by Crippen LogP contribution is -2.10. The Morgan fingerprint density at radius 2 is 2.15 bits per heavy atom. The maximum atomic E-state index is 11.5. The third kappa shape index (κ3) is 2.20. The highest BCUT2D eigenvalue weighted by atomic mass is 35.5. The molecular weight excluding hydrogens is 280 g/mol. The molecule has 0 saturated carbocycles. The number of ether oxygens (including phenoxy) is 1. The summed E-state index contributed by atoms with van der Waals surface area (Å²) in [6, 6.07) is 7.47. The van der Waals surface area contributed by atoms with Crippen LogP contribution >= 0.6 is 11.6 Å². The molecule has 5 nitrogen and oxygen atoms in total. The minimum Gasteiger partial charge on any atom is -0.466 e. The van der Waals surface area contributed by atoms with Gasteiger partial charge in [0.15, 0.2) is 10.7 Å². The van der Waals surface area contributed by atoms with Crippen LogP contribution in [0.1, 0.15) is 12.7 Å². The molecule has 0 amide bonds. The second kappa shape index (κ2) is 5.09. The predicted molar refractivity (Wildman–Crippen MR) is 74.7 cm³/mol. The number of nitrogens with zero attached hydrogens (tertiary/aromatic N) is 2. The van der Waals surface area contributed by atoms with Crippen molar-refractivity contribution in [1.82, 2.24) is 9.97 Å². The lowest BCUT2D eigenvalue weighted by molar-refractivity contribution is -0.142. The smallest absolute Gasteiger partial charge is 0.313 e. The number of carbonyl (C=O) groups excluding carboxylic acids is 1. The van der Waals surface area contributed by atoms with Crippen molar-refractivity contribution >= 4 is 39.6 Å². The van der Waals surface area contributed by atoms with Crippen molar-refractivity contribution in [2.45, 2.75) is 13.3 Å². The van der Waals surface area contributed by atoms with Crippen LogP contribution < -0.4 is 0 Å². The van der Waals surface area contributed by atoms with Crippen molar-refractivity contribution < 1.29 is 13.9 Å². The number of benzene rings is 1. The van der Waals surface area contributed by atoms with E-state index in [0.29, 0.717) is 29.1 Å². The molecule has 0 unspecified atom stereocenters. The molecule has 0 spiro atoms. The highest BCUT2D eigenvalue weighted by molar-refractivity contribution is 6.34. The van der Waals surface area contributed by atoms with E-state index in [1.165, 1.54) is 0 Å². The molecule has 0 saturated heterocycles. The van der Waals surface area contributed by atoms with Crippen LogP contribution in [0.2, 0.25) is 5.15 Å². The zero-order chi connectivity index (χ0) is 14.1. The Balaban J connectivity index is 2.12. The molecule has 3 rings (SSSR count). The number of halogens is 1. The summed E-state index contributed by atoms with van der Waals surface area (Å²) in [7, 11) is 0. The van der Waals surface area contributed by atoms with Crippen LogP contribution in [0.15, 0.2) is 28.7 Å². The van der Waals surface area contributed by atoms with Crippen molar-refractivity contribution in [2.75, 3.05) is 6.61 Å². The van der Waals surface area contributed by atoms with Crippen LogP contribution in [0.3, 0.4) is 0 Å². The molecule has 0 aliphatic heterocycles. The lowest BCUT2D eigenvalue weighted by atomic mass is 10.2. The fourth-order valence-electron chi connectivity index (χ4n) is 2.02. The number of hydrogen-bond donors (Lipinski definition) is 0. The van der Waals surface area contributed by atoms with Crippen molar-refractivity contribution in [3.05, 3.63) is 35.2 Å². The van der Waals surface area contributed by atoms with Crippen LogP contribution in [0, 0.1) is 0 Å². The summed E-state index contributed by atoms with van der Waals surface area (Å²) in [4.78, 5) is 19.9. The van der Waals surface area contributed by atoms with E-state index in [1.54, 1.807) is 6.92 Å². The van der Waals surface area contributed by atoms with E-state index in [1.807, 2.05) is 24.3 Å². The summed E-state index contributed by atoms with van der Waals surface area (Å²) >= 11 is 6.10. The highest BCUT2D eigenvalue weighted by Gasteiger charge is 2.16. The van der Waals surface area contributed by atoms with Gasteiger partial charge < -0.3 is 9.15 Å². The van der Waals surface area contributed by atoms with Crippen molar-refractivity contribution in [3.63, 3.8) is 0 Å². The third-order valence-corrected chi connectivity index (χ3v) is 3.09. The van der Waals surface area contributed by atoms with Gasteiger partial charge in [0.25, 0.3) is 0 Å². The Morgan fingerprint density at radius 3 is 2.95 bits per heavy atom. The molecule has 0 bridgehead atoms. The van der Waals surface area contributed by atoms with Gasteiger partial charge in [-0.05, 0) is 19.1 Å². The molecule has 3 aromatic rings. The Labute approximate surface area is 119 Å². The summed E-state index contributed by atoms with van der Waals surface area (Å²) in [5, 5.41) is 1.04. The van der Waals surface area contributed by atoms with Gasteiger partial charge >= 0.3 is 5.97 Å². The average Bonchev–Trinajstić information content (AvgIpc) is 2.79. The summed E-state index contributed by atoms with van der Waals surface area (Å²) in [5.74, 6) is -0.0526. The summed E-state index contributed by atoms with van der Waals surface area (Å²) in [6.45, 7) is 2.07. The Hall–Kier alpha value is -2.14. The number of rotatable bonds is 3. The fourth-order valence-corrected chi connectivity index (χ4v) is 2.25. The molecule has 2 heterocycles. The average molecular weight is 291 g/mol. The normalized spacial score (nSPS) is 11.1. The number of furan rings is 1. The van der Waals surface area contributed by atoms with Crippen LogP contribution in [0.4, 0.5) is 0 Å². The molecule has 0 aliphatic rings. The number of hydrogen-bond acceptors (Lipinski definition) is 5. The van der Waals surface area contributed by atoms with E-state index in [0.717, 1.165) is 5.39 Å². The monoisotopic (exact) mass is 290 g/mol. The van der Waals surface area contributed by atoms with Crippen LogP contribution in [-0.4, -0.2) is 22.5 Å². The van der Waals surface area contributed by atoms with E-state index >= 15 is 0 Å². The zero-order valence-corrected chi connectivity index (χ0v) is 11.5. The molecular formula is C14H11ClN2O3. The topological polar surface area (TPSA) is 65.2 Å². The van der Waals surface area contributed by atoms with Crippen molar-refractivity contribution in [3.8, 4) is 0 Å². The Kier molecular flexibility index (Phi) is 3.28. The molecule has 0 fully saturated rings. The summed E-state index contributed by atoms with van der Waals surface area (Å²) < 4.78 is 10.5. The summed E-state index contributed by atoms with van der Waals surface area (Å²) in [6.07, 6.45) is -0.0109. The van der Waals surface area contributed by atoms with E-state index in [4.69, 9.17) is 20.8 Å². The molecule has 1 aromatic carbocycles. The number of esters is 1. The molecule has 0 N–H and O–H groups in total. The lowest BCUT2D eigenvalue weighted by Gasteiger charge is -2.01. The van der Waals surface area contributed by atoms with Gasteiger partial charge in [-0.25, -0.2) is 9.97 Å². The minimum absolute atomic E-state index is 0.0109. The number of carbonyl (C=O) groups is 1. The van der Waals surface area contributed by atoms with Gasteiger partial charge in [0, 0.05) is 5.39 Å². The number of fused-ring (bicyclic) bond motifs is 3. The van der Waals surface area contributed by atoms with Crippen molar-refractivity contribution in [2.24, 2.45) is 0 Å².